The molecule has 142 valence electrons. The van der Waals surface area contributed by atoms with Crippen molar-refractivity contribution >= 4 is 22.7 Å². The molecule has 0 aliphatic carbocycles. The largest absolute Gasteiger partial charge is 0.482 e. The van der Waals surface area contributed by atoms with Gasteiger partial charge in [0.1, 0.15) is 11.6 Å². The van der Waals surface area contributed by atoms with Gasteiger partial charge < -0.3 is 14.0 Å². The van der Waals surface area contributed by atoms with E-state index in [0.717, 1.165) is 17.0 Å². The van der Waals surface area contributed by atoms with Gasteiger partial charge in [-0.3, -0.25) is 4.79 Å². The highest BCUT2D eigenvalue weighted by atomic mass is 19.1. The van der Waals surface area contributed by atoms with Crippen LogP contribution < -0.4 is 4.74 Å². The summed E-state index contributed by atoms with van der Waals surface area (Å²) in [7, 11) is 0. The van der Waals surface area contributed by atoms with Crippen LogP contribution in [-0.4, -0.2) is 29.5 Å². The molecule has 1 heterocycles. The number of fused-ring (bicyclic) bond motifs is 1. The number of hydrogen-bond acceptors (Lipinski definition) is 5. The lowest BCUT2D eigenvalue weighted by molar-refractivity contribution is -0.144. The lowest BCUT2D eigenvalue weighted by Gasteiger charge is -2.06. The normalized spacial score (nSPS) is 10.4. The predicted octanol–water partition coefficient (Wildman–Crippen LogP) is 3.50. The van der Waals surface area contributed by atoms with Gasteiger partial charge in [0, 0.05) is 35.3 Å². The van der Waals surface area contributed by atoms with Crippen LogP contribution in [0.2, 0.25) is 0 Å². The Morgan fingerprint density at radius 1 is 1.11 bits per heavy atom. The van der Waals surface area contributed by atoms with E-state index >= 15 is 0 Å². The van der Waals surface area contributed by atoms with E-state index in [1.165, 1.54) is 18.2 Å². The molecule has 3 rings (SSSR count). The van der Waals surface area contributed by atoms with E-state index in [-0.39, 0.29) is 11.5 Å². The smallest absolute Gasteiger partial charge is 0.344 e. The molecule has 0 fully saturated rings. The first-order chi connectivity index (χ1) is 13.6. The lowest BCUT2D eigenvalue weighted by Crippen LogP contribution is -2.19. The monoisotopic (exact) mass is 380 g/mol. The van der Waals surface area contributed by atoms with Crippen molar-refractivity contribution < 1.29 is 23.5 Å². The molecule has 0 amide bonds. The Bertz CT molecular complexity index is 1050. The molecule has 0 unspecified atom stereocenters. The van der Waals surface area contributed by atoms with Crippen molar-refractivity contribution in [3.63, 3.8) is 0 Å². The highest BCUT2D eigenvalue weighted by molar-refractivity contribution is 6.09. The van der Waals surface area contributed by atoms with Crippen molar-refractivity contribution in [1.29, 1.82) is 5.26 Å². The summed E-state index contributed by atoms with van der Waals surface area (Å²) in [5.74, 6) is -1.37. The van der Waals surface area contributed by atoms with E-state index in [9.17, 15) is 14.0 Å². The van der Waals surface area contributed by atoms with E-state index in [2.05, 4.69) is 6.07 Å². The summed E-state index contributed by atoms with van der Waals surface area (Å²) in [4.78, 5) is 24.3. The molecule has 0 atom stereocenters. The number of halogens is 1. The van der Waals surface area contributed by atoms with Crippen LogP contribution in [0.15, 0.2) is 54.7 Å². The van der Waals surface area contributed by atoms with Crippen LogP contribution >= 0.6 is 0 Å². The summed E-state index contributed by atoms with van der Waals surface area (Å²) in [5, 5.41) is 9.52. The number of hydrogen-bond donors (Lipinski definition) is 0. The Labute approximate surface area is 160 Å². The maximum Gasteiger partial charge on any atom is 0.344 e. The summed E-state index contributed by atoms with van der Waals surface area (Å²) in [6.07, 6.45) is 1.99. The fraction of sp³-hybridized carbons (Fsp3) is 0.190. The summed E-state index contributed by atoms with van der Waals surface area (Å²) in [6.45, 7) is -0.399. The van der Waals surface area contributed by atoms with Crippen LogP contribution in [-0.2, 0) is 16.1 Å². The van der Waals surface area contributed by atoms with Crippen LogP contribution in [0.1, 0.15) is 16.8 Å². The number of esters is 1. The molecular weight excluding hydrogens is 363 g/mol. The fourth-order valence-electron chi connectivity index (χ4n) is 2.79. The van der Waals surface area contributed by atoms with Gasteiger partial charge in [0.25, 0.3) is 0 Å². The number of rotatable bonds is 8. The second kappa shape index (κ2) is 8.82. The molecule has 7 heteroatoms. The quantitative estimate of drug-likeness (QED) is 0.441. The number of carbonyl (C=O) groups excluding carboxylic acids is 2. The van der Waals surface area contributed by atoms with Crippen LogP contribution in [0.4, 0.5) is 4.39 Å². The van der Waals surface area contributed by atoms with Crippen molar-refractivity contribution in [2.75, 3.05) is 13.2 Å². The van der Waals surface area contributed by atoms with Crippen LogP contribution in [0.3, 0.4) is 0 Å². The SMILES string of the molecule is N#CCCn1cc(C(=O)COC(=O)COc2cccc(F)c2)c2ccccc21. The Balaban J connectivity index is 1.61. The van der Waals surface area contributed by atoms with Gasteiger partial charge in [0.2, 0.25) is 5.78 Å². The average Bonchev–Trinajstić information content (AvgIpc) is 3.08. The zero-order valence-electron chi connectivity index (χ0n) is 14.9. The Morgan fingerprint density at radius 2 is 1.93 bits per heavy atom. The maximum absolute atomic E-state index is 13.1. The number of ether oxygens (including phenoxy) is 2. The Hall–Kier alpha value is -3.66. The van der Waals surface area contributed by atoms with Gasteiger partial charge >= 0.3 is 5.97 Å². The molecule has 0 radical (unpaired) electrons. The summed E-state index contributed by atoms with van der Waals surface area (Å²) < 4.78 is 25.0. The number of benzene rings is 2. The topological polar surface area (TPSA) is 81.3 Å². The van der Waals surface area contributed by atoms with Crippen molar-refractivity contribution in [1.82, 2.24) is 4.57 Å². The molecule has 0 aliphatic rings. The molecule has 3 aromatic rings. The lowest BCUT2D eigenvalue weighted by atomic mass is 10.1. The standard InChI is InChI=1S/C21H17FN2O4/c22-15-5-3-6-16(11-15)27-14-21(26)28-13-20(25)18-12-24(10-4-9-23)19-8-2-1-7-17(18)19/h1-3,5-8,11-12H,4,10,13-14H2. The molecule has 2 aromatic carbocycles. The van der Waals surface area contributed by atoms with Crippen molar-refractivity contribution in [3.8, 4) is 11.8 Å². The predicted molar refractivity (Wildman–Crippen MR) is 99.4 cm³/mol. The number of para-hydroxylation sites is 1. The minimum absolute atomic E-state index is 0.198. The van der Waals surface area contributed by atoms with Crippen molar-refractivity contribution in [2.24, 2.45) is 0 Å². The minimum Gasteiger partial charge on any atom is -0.482 e. The molecule has 0 saturated carbocycles. The van der Waals surface area contributed by atoms with Crippen LogP contribution in [0, 0.1) is 17.1 Å². The van der Waals surface area contributed by atoms with E-state index in [1.807, 2.05) is 22.8 Å². The number of aromatic nitrogens is 1. The number of nitriles is 1. The van der Waals surface area contributed by atoms with E-state index < -0.39 is 25.0 Å². The number of Topliss-reactive ketones (excluding diaryl/α,β-unsaturated/α-hetero) is 1. The fourth-order valence-corrected chi connectivity index (χ4v) is 2.79. The molecule has 1 aromatic heterocycles. The first-order valence-electron chi connectivity index (χ1n) is 8.60. The van der Waals surface area contributed by atoms with Gasteiger partial charge in [-0.1, -0.05) is 24.3 Å². The van der Waals surface area contributed by atoms with Crippen molar-refractivity contribution in [3.05, 3.63) is 66.1 Å². The highest BCUT2D eigenvalue weighted by Crippen LogP contribution is 2.22. The van der Waals surface area contributed by atoms with Crippen molar-refractivity contribution in [2.45, 2.75) is 13.0 Å². The molecule has 0 saturated heterocycles. The summed E-state index contributed by atoms with van der Waals surface area (Å²) in [6, 6.07) is 14.8. The maximum atomic E-state index is 13.1. The van der Waals surface area contributed by atoms with Gasteiger partial charge in [-0.25, -0.2) is 9.18 Å². The molecule has 0 N–H and O–H groups in total. The van der Waals surface area contributed by atoms with E-state index in [4.69, 9.17) is 14.7 Å². The minimum atomic E-state index is -0.731. The zero-order valence-corrected chi connectivity index (χ0v) is 14.9. The van der Waals surface area contributed by atoms with Gasteiger partial charge in [-0.15, -0.1) is 0 Å². The Kier molecular flexibility index (Phi) is 6.02. The first kappa shape index (κ1) is 19.1. The number of ketones is 1. The van der Waals surface area contributed by atoms with Crippen LogP contribution in [0.25, 0.3) is 10.9 Å². The number of aryl methyl sites for hydroxylation is 1. The number of nitrogens with zero attached hydrogens (tertiary/aromatic N) is 2. The van der Waals surface area contributed by atoms with Gasteiger partial charge in [-0.2, -0.15) is 5.26 Å². The molecule has 0 spiro atoms. The van der Waals surface area contributed by atoms with E-state index in [0.29, 0.717) is 18.5 Å². The Morgan fingerprint density at radius 3 is 2.71 bits per heavy atom. The third-order valence-corrected chi connectivity index (χ3v) is 4.07. The second-order valence-corrected chi connectivity index (χ2v) is 5.99. The van der Waals surface area contributed by atoms with Crippen LogP contribution in [0.5, 0.6) is 5.75 Å². The zero-order chi connectivity index (χ0) is 19.9. The molecule has 0 bridgehead atoms. The molecule has 28 heavy (non-hydrogen) atoms. The van der Waals surface area contributed by atoms with Gasteiger partial charge in [0.15, 0.2) is 13.2 Å². The highest BCUT2D eigenvalue weighted by Gasteiger charge is 2.17. The molecular formula is C21H17FN2O4. The van der Waals surface area contributed by atoms with Gasteiger partial charge in [0.05, 0.1) is 12.5 Å². The summed E-state index contributed by atoms with van der Waals surface area (Å²) >= 11 is 0. The molecule has 0 aliphatic heterocycles. The summed E-state index contributed by atoms with van der Waals surface area (Å²) in [5.41, 5.74) is 1.26. The third kappa shape index (κ3) is 4.54. The second-order valence-electron chi connectivity index (χ2n) is 5.99. The van der Waals surface area contributed by atoms with Gasteiger partial charge in [-0.05, 0) is 18.2 Å². The molecule has 6 nitrogen and oxygen atoms in total. The number of carbonyl (C=O) groups is 2. The third-order valence-electron chi connectivity index (χ3n) is 4.07. The average molecular weight is 380 g/mol. The van der Waals surface area contributed by atoms with E-state index in [1.54, 1.807) is 12.3 Å². The first-order valence-corrected chi connectivity index (χ1v) is 8.60.